The molecule has 0 saturated carbocycles. The topological polar surface area (TPSA) is 77.1 Å². The van der Waals surface area contributed by atoms with E-state index in [2.05, 4.69) is 40.8 Å². The lowest BCUT2D eigenvalue weighted by Crippen LogP contribution is -2.30. The molecule has 2 aliphatic heterocycles. The van der Waals surface area contributed by atoms with E-state index in [-0.39, 0.29) is 5.91 Å². The number of likely N-dealkylation sites (tertiary alicyclic amines) is 1. The van der Waals surface area contributed by atoms with Crippen LogP contribution in [0.1, 0.15) is 22.3 Å². The molecule has 0 radical (unpaired) electrons. The Morgan fingerprint density at radius 2 is 1.92 bits per heavy atom. The Bertz CT molecular complexity index is 1360. The lowest BCUT2D eigenvalue weighted by atomic mass is 10.1. The lowest BCUT2D eigenvalue weighted by molar-refractivity contribution is 0.0994. The van der Waals surface area contributed by atoms with Crippen molar-refractivity contribution in [2.45, 2.75) is 12.5 Å². The van der Waals surface area contributed by atoms with Gasteiger partial charge in [0.05, 0.1) is 30.2 Å². The molecule has 1 amide bonds. The van der Waals surface area contributed by atoms with Crippen LogP contribution in [0.2, 0.25) is 0 Å². The highest BCUT2D eigenvalue weighted by Crippen LogP contribution is 2.39. The van der Waals surface area contributed by atoms with Gasteiger partial charge in [-0.3, -0.25) is 4.79 Å². The summed E-state index contributed by atoms with van der Waals surface area (Å²) in [6.45, 7) is 6.31. The molecule has 2 aromatic carbocycles. The van der Waals surface area contributed by atoms with Crippen molar-refractivity contribution in [1.29, 1.82) is 0 Å². The van der Waals surface area contributed by atoms with E-state index in [1.807, 2.05) is 54.4 Å². The molecule has 1 saturated heterocycles. The first-order chi connectivity index (χ1) is 17.8. The van der Waals surface area contributed by atoms with Crippen molar-refractivity contribution in [2.75, 3.05) is 63.5 Å². The predicted molar refractivity (Wildman–Crippen MR) is 148 cm³/mol. The Hall–Kier alpha value is -4.11. The van der Waals surface area contributed by atoms with Gasteiger partial charge in [-0.15, -0.1) is 0 Å². The number of aromatic nitrogens is 2. The van der Waals surface area contributed by atoms with E-state index in [0.717, 1.165) is 42.1 Å². The van der Waals surface area contributed by atoms with Crippen LogP contribution in [-0.4, -0.2) is 80.1 Å². The fraction of sp³-hybridized carbons (Fsp3) is 0.321. The van der Waals surface area contributed by atoms with Gasteiger partial charge in [-0.25, -0.2) is 4.98 Å². The Labute approximate surface area is 218 Å². The average Bonchev–Trinajstić information content (AvgIpc) is 3.40. The van der Waals surface area contributed by atoms with Crippen LogP contribution < -0.4 is 19.9 Å². The van der Waals surface area contributed by atoms with Crippen LogP contribution in [0, 0.1) is 0 Å². The smallest absolute Gasteiger partial charge is 0.260 e. The lowest BCUT2D eigenvalue weighted by Gasteiger charge is -2.24. The van der Waals surface area contributed by atoms with Crippen LogP contribution in [-0.2, 0) is 0 Å². The normalized spacial score (nSPS) is 17.0. The second kappa shape index (κ2) is 9.74. The predicted octanol–water partition coefficient (Wildman–Crippen LogP) is 4.19. The molecule has 3 heterocycles. The number of fused-ring (bicyclic) bond motifs is 2. The van der Waals surface area contributed by atoms with Gasteiger partial charge in [-0.05, 0) is 56.4 Å². The van der Waals surface area contributed by atoms with E-state index in [1.54, 1.807) is 25.3 Å². The summed E-state index contributed by atoms with van der Waals surface area (Å²) in [6, 6.07) is 14.0. The number of carbonyl (C=O) groups excluding carboxylic acids is 1. The number of carbonyl (C=O) groups is 1. The standard InChI is InChI=1S/C28H33N7O2/c1-18(35-14-13-20(17-35)32(2)3)19-11-12-25(37-6)22(15-19)30-28-29-16-24-26(31-28)33(4)23-10-8-7-9-21(23)27(36)34(24)5/h7-12,15-16,20H,1,13-14,17H2,2-6H3,(H,29,30,31). The zero-order valence-electron chi connectivity index (χ0n) is 22.0. The van der Waals surface area contributed by atoms with Crippen molar-refractivity contribution in [3.05, 3.63) is 66.4 Å². The molecule has 1 fully saturated rings. The molecule has 1 aromatic heterocycles. The third-order valence-electron chi connectivity index (χ3n) is 7.28. The zero-order valence-corrected chi connectivity index (χ0v) is 22.0. The maximum atomic E-state index is 13.1. The molecule has 1 atom stereocenters. The number of likely N-dealkylation sites (N-methyl/N-ethyl adjacent to an activating group) is 1. The van der Waals surface area contributed by atoms with Gasteiger partial charge in [0, 0.05) is 38.9 Å². The second-order valence-electron chi connectivity index (χ2n) is 9.68. The number of amides is 1. The summed E-state index contributed by atoms with van der Waals surface area (Å²) in [4.78, 5) is 30.5. The molecule has 9 heteroatoms. The summed E-state index contributed by atoms with van der Waals surface area (Å²) >= 11 is 0. The molecule has 192 valence electrons. The Morgan fingerprint density at radius 3 is 2.65 bits per heavy atom. The van der Waals surface area contributed by atoms with Gasteiger partial charge in [-0.1, -0.05) is 18.7 Å². The molecular formula is C28H33N7O2. The van der Waals surface area contributed by atoms with Crippen LogP contribution in [0.15, 0.2) is 55.2 Å². The molecule has 9 nitrogen and oxygen atoms in total. The number of benzene rings is 2. The van der Waals surface area contributed by atoms with Crippen molar-refractivity contribution in [2.24, 2.45) is 0 Å². The molecule has 1 unspecified atom stereocenters. The van der Waals surface area contributed by atoms with Crippen molar-refractivity contribution in [3.8, 4) is 5.75 Å². The summed E-state index contributed by atoms with van der Waals surface area (Å²) in [5.74, 6) is 1.61. The van der Waals surface area contributed by atoms with Gasteiger partial charge < -0.3 is 29.7 Å². The van der Waals surface area contributed by atoms with E-state index in [9.17, 15) is 4.79 Å². The van der Waals surface area contributed by atoms with E-state index < -0.39 is 0 Å². The highest BCUT2D eigenvalue weighted by molar-refractivity contribution is 6.13. The van der Waals surface area contributed by atoms with Crippen molar-refractivity contribution >= 4 is 40.4 Å². The minimum absolute atomic E-state index is 0.100. The minimum Gasteiger partial charge on any atom is -0.495 e. The molecule has 3 aromatic rings. The first-order valence-corrected chi connectivity index (χ1v) is 12.3. The summed E-state index contributed by atoms with van der Waals surface area (Å²) in [5, 5.41) is 3.33. The molecule has 1 N–H and O–H groups in total. The monoisotopic (exact) mass is 499 g/mol. The third-order valence-corrected chi connectivity index (χ3v) is 7.28. The van der Waals surface area contributed by atoms with Gasteiger partial charge in [0.2, 0.25) is 5.95 Å². The quantitative estimate of drug-likeness (QED) is 0.541. The number of hydrogen-bond acceptors (Lipinski definition) is 8. The number of rotatable bonds is 6. The number of anilines is 5. The van der Waals surface area contributed by atoms with Crippen molar-refractivity contribution in [3.63, 3.8) is 0 Å². The number of hydrogen-bond donors (Lipinski definition) is 1. The SMILES string of the molecule is C=C(c1ccc(OC)c(Nc2ncc3c(n2)N(C)c2ccccc2C(=O)N3C)c1)N1CCC(N(C)C)C1. The maximum absolute atomic E-state index is 13.1. The molecule has 0 spiro atoms. The Kier molecular flexibility index (Phi) is 6.47. The molecule has 37 heavy (non-hydrogen) atoms. The van der Waals surface area contributed by atoms with E-state index in [0.29, 0.717) is 34.8 Å². The molecule has 2 aliphatic rings. The van der Waals surface area contributed by atoms with Gasteiger partial charge in [0.25, 0.3) is 5.91 Å². The molecular weight excluding hydrogens is 466 g/mol. The number of nitrogens with one attached hydrogen (secondary N) is 1. The largest absolute Gasteiger partial charge is 0.495 e. The minimum atomic E-state index is -0.100. The summed E-state index contributed by atoms with van der Waals surface area (Å²) in [5.41, 5.74) is 4.77. The fourth-order valence-electron chi connectivity index (χ4n) is 4.96. The summed E-state index contributed by atoms with van der Waals surface area (Å²) in [6.07, 6.45) is 2.79. The fourth-order valence-corrected chi connectivity index (χ4v) is 4.96. The number of methoxy groups -OCH3 is 1. The average molecular weight is 500 g/mol. The highest BCUT2D eigenvalue weighted by Gasteiger charge is 2.29. The number of nitrogens with zero attached hydrogens (tertiary/aromatic N) is 6. The first-order valence-electron chi connectivity index (χ1n) is 12.3. The molecule has 0 aliphatic carbocycles. The molecule has 0 bridgehead atoms. The van der Waals surface area contributed by atoms with Crippen LogP contribution in [0.25, 0.3) is 5.70 Å². The van der Waals surface area contributed by atoms with Gasteiger partial charge >= 0.3 is 0 Å². The first kappa shape index (κ1) is 24.6. The summed E-state index contributed by atoms with van der Waals surface area (Å²) < 4.78 is 5.63. The van der Waals surface area contributed by atoms with Crippen LogP contribution in [0.4, 0.5) is 28.8 Å². The highest BCUT2D eigenvalue weighted by atomic mass is 16.5. The van der Waals surface area contributed by atoms with E-state index in [1.165, 1.54) is 0 Å². The third kappa shape index (κ3) is 4.46. The van der Waals surface area contributed by atoms with Crippen LogP contribution in [0.5, 0.6) is 5.75 Å². The number of ether oxygens (including phenoxy) is 1. The maximum Gasteiger partial charge on any atom is 0.260 e. The zero-order chi connectivity index (χ0) is 26.3. The Morgan fingerprint density at radius 1 is 1.14 bits per heavy atom. The van der Waals surface area contributed by atoms with Gasteiger partial charge in [0.15, 0.2) is 5.82 Å². The van der Waals surface area contributed by atoms with E-state index in [4.69, 9.17) is 9.72 Å². The second-order valence-corrected chi connectivity index (χ2v) is 9.68. The number of para-hydroxylation sites is 1. The van der Waals surface area contributed by atoms with Gasteiger partial charge in [0.1, 0.15) is 11.4 Å². The van der Waals surface area contributed by atoms with Crippen LogP contribution in [0.3, 0.4) is 0 Å². The summed E-state index contributed by atoms with van der Waals surface area (Å²) in [7, 11) is 9.53. The van der Waals surface area contributed by atoms with Crippen molar-refractivity contribution < 1.29 is 9.53 Å². The molecule has 5 rings (SSSR count). The van der Waals surface area contributed by atoms with E-state index >= 15 is 0 Å². The van der Waals surface area contributed by atoms with Crippen molar-refractivity contribution in [1.82, 2.24) is 19.8 Å². The van der Waals surface area contributed by atoms with Gasteiger partial charge in [-0.2, -0.15) is 4.98 Å². The van der Waals surface area contributed by atoms with Crippen LogP contribution >= 0.6 is 0 Å². The Balaban J connectivity index is 1.46.